The van der Waals surface area contributed by atoms with Gasteiger partial charge in [-0.2, -0.15) is 5.10 Å². The molecule has 0 spiro atoms. The van der Waals surface area contributed by atoms with Crippen molar-refractivity contribution in [1.29, 1.82) is 0 Å². The summed E-state index contributed by atoms with van der Waals surface area (Å²) in [7, 11) is 1.27. The van der Waals surface area contributed by atoms with E-state index < -0.39 is 11.8 Å². The van der Waals surface area contributed by atoms with Crippen LogP contribution < -0.4 is 0 Å². The molecule has 0 aliphatic carbocycles. The number of esters is 1. The molecule has 6 heteroatoms. The summed E-state index contributed by atoms with van der Waals surface area (Å²) in [5, 5.41) is 6.37. The average Bonchev–Trinajstić information content (AvgIpc) is 2.80. The number of nitrogens with zero attached hydrogens (tertiary/aromatic N) is 1. The van der Waals surface area contributed by atoms with Gasteiger partial charge in [0.05, 0.1) is 12.8 Å². The molecule has 0 amide bonds. The zero-order valence-electron chi connectivity index (χ0n) is 8.83. The van der Waals surface area contributed by atoms with Crippen LogP contribution in [0.1, 0.15) is 10.5 Å². The fourth-order valence-corrected chi connectivity index (χ4v) is 1.73. The molecule has 17 heavy (non-hydrogen) atoms. The Morgan fingerprint density at radius 3 is 2.94 bits per heavy atom. The quantitative estimate of drug-likeness (QED) is 0.868. The van der Waals surface area contributed by atoms with E-state index in [1.807, 2.05) is 0 Å². The van der Waals surface area contributed by atoms with Crippen molar-refractivity contribution in [1.82, 2.24) is 10.2 Å². The fourth-order valence-electron chi connectivity index (χ4n) is 1.37. The molecular weight excluding hydrogens is 291 g/mol. The number of H-pyrrole nitrogens is 1. The SMILES string of the molecule is COC(=O)c1cc(-c2cc(Br)ccc2F)n[nH]1. The molecule has 0 saturated heterocycles. The minimum Gasteiger partial charge on any atom is -0.464 e. The van der Waals surface area contributed by atoms with Crippen molar-refractivity contribution < 1.29 is 13.9 Å². The molecule has 0 bridgehead atoms. The van der Waals surface area contributed by atoms with Crippen molar-refractivity contribution in [3.63, 3.8) is 0 Å². The summed E-state index contributed by atoms with van der Waals surface area (Å²) in [6.07, 6.45) is 0. The maximum absolute atomic E-state index is 13.6. The summed E-state index contributed by atoms with van der Waals surface area (Å²) in [5.74, 6) is -0.949. The molecule has 4 nitrogen and oxygen atoms in total. The molecule has 2 aromatic rings. The van der Waals surface area contributed by atoms with E-state index >= 15 is 0 Å². The Hall–Kier alpha value is -1.69. The predicted octanol–water partition coefficient (Wildman–Crippen LogP) is 2.76. The lowest BCUT2D eigenvalue weighted by atomic mass is 10.1. The van der Waals surface area contributed by atoms with Gasteiger partial charge in [0, 0.05) is 10.0 Å². The van der Waals surface area contributed by atoms with Crippen molar-refractivity contribution in [3.05, 3.63) is 40.2 Å². The lowest BCUT2D eigenvalue weighted by molar-refractivity contribution is 0.0594. The van der Waals surface area contributed by atoms with Gasteiger partial charge < -0.3 is 4.74 Å². The third-order valence-electron chi connectivity index (χ3n) is 2.19. The van der Waals surface area contributed by atoms with Gasteiger partial charge >= 0.3 is 5.97 Å². The third-order valence-corrected chi connectivity index (χ3v) is 2.68. The zero-order valence-corrected chi connectivity index (χ0v) is 10.4. The van der Waals surface area contributed by atoms with Gasteiger partial charge in [0.2, 0.25) is 0 Å². The summed E-state index contributed by atoms with van der Waals surface area (Å²) in [4.78, 5) is 11.2. The van der Waals surface area contributed by atoms with Crippen molar-refractivity contribution in [2.24, 2.45) is 0 Å². The second-order valence-electron chi connectivity index (χ2n) is 3.28. The van der Waals surface area contributed by atoms with Crippen molar-refractivity contribution in [3.8, 4) is 11.3 Å². The summed E-state index contributed by atoms with van der Waals surface area (Å²) in [6, 6.07) is 5.95. The number of halogens is 2. The Bertz CT molecular complexity index is 568. The van der Waals surface area contributed by atoms with Gasteiger partial charge in [-0.25, -0.2) is 9.18 Å². The molecular formula is C11H8BrFN2O2. The minimum atomic E-state index is -0.542. The van der Waals surface area contributed by atoms with Crippen LogP contribution in [0.5, 0.6) is 0 Å². The molecule has 1 aromatic carbocycles. The van der Waals surface area contributed by atoms with Gasteiger partial charge in [-0.3, -0.25) is 5.10 Å². The zero-order chi connectivity index (χ0) is 12.4. The summed E-state index contributed by atoms with van der Waals surface area (Å²) < 4.78 is 18.8. The second-order valence-corrected chi connectivity index (χ2v) is 4.20. The number of benzene rings is 1. The number of carbonyl (C=O) groups excluding carboxylic acids is 1. The van der Waals surface area contributed by atoms with Crippen molar-refractivity contribution in [2.45, 2.75) is 0 Å². The Balaban J connectivity index is 2.43. The largest absolute Gasteiger partial charge is 0.464 e. The van der Waals surface area contributed by atoms with E-state index in [4.69, 9.17) is 0 Å². The summed E-state index contributed by atoms with van der Waals surface area (Å²) in [6.45, 7) is 0. The fraction of sp³-hybridized carbons (Fsp3) is 0.0909. The van der Waals surface area contributed by atoms with Crippen LogP contribution in [0.15, 0.2) is 28.7 Å². The van der Waals surface area contributed by atoms with Gasteiger partial charge in [-0.15, -0.1) is 0 Å². The topological polar surface area (TPSA) is 55.0 Å². The number of rotatable bonds is 2. The minimum absolute atomic E-state index is 0.182. The second kappa shape index (κ2) is 4.67. The van der Waals surface area contributed by atoms with Gasteiger partial charge in [-0.1, -0.05) is 15.9 Å². The Labute approximate surface area is 105 Å². The molecule has 1 aromatic heterocycles. The first kappa shape index (κ1) is 11.8. The number of ether oxygens (including phenoxy) is 1. The number of hydrogen-bond acceptors (Lipinski definition) is 3. The summed E-state index contributed by atoms with van der Waals surface area (Å²) in [5.41, 5.74) is 0.844. The standard InChI is InChI=1S/C11H8BrFN2O2/c1-17-11(16)10-5-9(14-15-10)7-4-6(12)2-3-8(7)13/h2-5H,1H3,(H,14,15). The van der Waals surface area contributed by atoms with E-state index in [1.165, 1.54) is 19.2 Å². The molecule has 88 valence electrons. The van der Waals surface area contributed by atoms with Crippen LogP contribution in [0, 0.1) is 5.82 Å². The van der Waals surface area contributed by atoms with Crippen LogP contribution in [-0.2, 0) is 4.74 Å². The van der Waals surface area contributed by atoms with Gasteiger partial charge in [0.1, 0.15) is 11.5 Å². The first-order valence-electron chi connectivity index (χ1n) is 4.71. The van der Waals surface area contributed by atoms with Gasteiger partial charge in [-0.05, 0) is 24.3 Å². The van der Waals surface area contributed by atoms with E-state index in [2.05, 4.69) is 30.9 Å². The summed E-state index contributed by atoms with van der Waals surface area (Å²) >= 11 is 3.25. The number of carbonyl (C=O) groups is 1. The monoisotopic (exact) mass is 298 g/mol. The predicted molar refractivity (Wildman–Crippen MR) is 63.0 cm³/mol. The highest BCUT2D eigenvalue weighted by Gasteiger charge is 2.13. The first-order chi connectivity index (χ1) is 8.11. The number of aromatic amines is 1. The van der Waals surface area contributed by atoms with Crippen LogP contribution >= 0.6 is 15.9 Å². The molecule has 2 rings (SSSR count). The number of hydrogen-bond donors (Lipinski definition) is 1. The average molecular weight is 299 g/mol. The smallest absolute Gasteiger partial charge is 0.356 e. The molecule has 0 radical (unpaired) electrons. The third kappa shape index (κ3) is 2.36. The van der Waals surface area contributed by atoms with Crippen LogP contribution in [0.2, 0.25) is 0 Å². The molecule has 1 N–H and O–H groups in total. The Morgan fingerprint density at radius 1 is 1.47 bits per heavy atom. The Kier molecular flexibility index (Phi) is 3.23. The highest BCUT2D eigenvalue weighted by atomic mass is 79.9. The number of aromatic nitrogens is 2. The van der Waals surface area contributed by atoms with E-state index in [0.29, 0.717) is 11.3 Å². The lowest BCUT2D eigenvalue weighted by Crippen LogP contribution is -2.00. The maximum Gasteiger partial charge on any atom is 0.356 e. The molecule has 0 fully saturated rings. The van der Waals surface area contributed by atoms with E-state index in [9.17, 15) is 9.18 Å². The molecule has 0 atom stereocenters. The highest BCUT2D eigenvalue weighted by Crippen LogP contribution is 2.25. The number of nitrogens with one attached hydrogen (secondary N) is 1. The molecule has 0 aliphatic heterocycles. The highest BCUT2D eigenvalue weighted by molar-refractivity contribution is 9.10. The van der Waals surface area contributed by atoms with Crippen molar-refractivity contribution >= 4 is 21.9 Å². The lowest BCUT2D eigenvalue weighted by Gasteiger charge is -1.99. The van der Waals surface area contributed by atoms with E-state index in [-0.39, 0.29) is 5.69 Å². The maximum atomic E-state index is 13.6. The van der Waals surface area contributed by atoms with E-state index in [0.717, 1.165) is 4.47 Å². The Morgan fingerprint density at radius 2 is 2.24 bits per heavy atom. The normalized spacial score (nSPS) is 10.3. The van der Waals surface area contributed by atoms with Gasteiger partial charge in [0.15, 0.2) is 0 Å². The molecule has 1 heterocycles. The van der Waals surface area contributed by atoms with Crippen LogP contribution in [0.4, 0.5) is 4.39 Å². The first-order valence-corrected chi connectivity index (χ1v) is 5.50. The van der Waals surface area contributed by atoms with Crippen LogP contribution in [0.3, 0.4) is 0 Å². The van der Waals surface area contributed by atoms with Crippen LogP contribution in [-0.4, -0.2) is 23.3 Å². The number of methoxy groups -OCH3 is 1. The van der Waals surface area contributed by atoms with Crippen LogP contribution in [0.25, 0.3) is 11.3 Å². The van der Waals surface area contributed by atoms with Gasteiger partial charge in [0.25, 0.3) is 0 Å². The molecule has 0 unspecified atom stereocenters. The van der Waals surface area contributed by atoms with E-state index in [1.54, 1.807) is 12.1 Å². The van der Waals surface area contributed by atoms with Crippen molar-refractivity contribution in [2.75, 3.05) is 7.11 Å². The molecule has 0 saturated carbocycles. The molecule has 0 aliphatic rings.